The third-order valence-corrected chi connectivity index (χ3v) is 4.22. The predicted molar refractivity (Wildman–Crippen MR) is 73.0 cm³/mol. The first-order valence-corrected chi connectivity index (χ1v) is 7.42. The van der Waals surface area contributed by atoms with E-state index in [4.69, 9.17) is 23.2 Å². The second-order valence-corrected chi connectivity index (χ2v) is 5.58. The van der Waals surface area contributed by atoms with Crippen LogP contribution >= 0.6 is 35.0 Å². The maximum absolute atomic E-state index is 6.00. The van der Waals surface area contributed by atoms with Crippen molar-refractivity contribution in [2.45, 2.75) is 12.3 Å². The normalized spacial score (nSPS) is 17.2. The molecule has 1 aliphatic heterocycles. The lowest BCUT2D eigenvalue weighted by molar-refractivity contribution is 0.798. The summed E-state index contributed by atoms with van der Waals surface area (Å²) in [6.45, 7) is 2.13. The van der Waals surface area contributed by atoms with Crippen LogP contribution in [0.2, 0.25) is 5.02 Å². The molecule has 2 heterocycles. The summed E-state index contributed by atoms with van der Waals surface area (Å²) in [4.78, 5) is 6.82. The Morgan fingerprint density at radius 2 is 2.19 bits per heavy atom. The molecule has 1 fully saturated rings. The van der Waals surface area contributed by atoms with Gasteiger partial charge in [0.2, 0.25) is 0 Å². The number of halogens is 2. The van der Waals surface area contributed by atoms with Crippen LogP contribution in [0.4, 0.5) is 5.82 Å². The minimum Gasteiger partial charge on any atom is -0.356 e. The Labute approximate surface area is 110 Å². The zero-order valence-corrected chi connectivity index (χ0v) is 11.3. The lowest BCUT2D eigenvalue weighted by Gasteiger charge is -2.21. The number of aromatic nitrogens is 1. The lowest BCUT2D eigenvalue weighted by Crippen LogP contribution is -2.26. The smallest absolute Gasteiger partial charge is 0.128 e. The molecule has 0 radical (unpaired) electrons. The number of hydrogen-bond acceptors (Lipinski definition) is 3. The summed E-state index contributed by atoms with van der Waals surface area (Å²) < 4.78 is 0. The molecule has 0 saturated carbocycles. The molecule has 0 bridgehead atoms. The van der Waals surface area contributed by atoms with Crippen molar-refractivity contribution in [2.75, 3.05) is 29.5 Å². The fourth-order valence-corrected chi connectivity index (χ4v) is 3.05. The number of rotatable bonds is 2. The monoisotopic (exact) mass is 276 g/mol. The summed E-state index contributed by atoms with van der Waals surface area (Å²) in [6.07, 6.45) is 1.21. The third-order valence-electron chi connectivity index (χ3n) is 2.58. The Morgan fingerprint density at radius 1 is 1.31 bits per heavy atom. The molecule has 0 N–H and O–H groups in total. The van der Waals surface area contributed by atoms with E-state index in [2.05, 4.69) is 9.88 Å². The average Bonchev–Trinajstić information content (AvgIpc) is 2.58. The first-order valence-electron chi connectivity index (χ1n) is 5.35. The maximum Gasteiger partial charge on any atom is 0.128 e. The molecule has 1 aliphatic rings. The standard InChI is InChI=1S/C11H14Cl2N2S/c12-8-10-9(13)2-3-11(14-10)15-4-1-6-16-7-5-15/h2-3H,1,4-8H2. The Kier molecular flexibility index (Phi) is 4.62. The molecule has 0 amide bonds. The maximum atomic E-state index is 6.00. The van der Waals surface area contributed by atoms with Crippen LogP contribution in [-0.4, -0.2) is 29.6 Å². The van der Waals surface area contributed by atoms with E-state index in [1.165, 1.54) is 17.9 Å². The summed E-state index contributed by atoms with van der Waals surface area (Å²) in [5.74, 6) is 3.78. The summed E-state index contributed by atoms with van der Waals surface area (Å²) in [6, 6.07) is 3.87. The van der Waals surface area contributed by atoms with Crippen molar-refractivity contribution in [2.24, 2.45) is 0 Å². The molecule has 0 aromatic carbocycles. The highest BCUT2D eigenvalue weighted by Gasteiger charge is 2.12. The Hall–Kier alpha value is -0.120. The Morgan fingerprint density at radius 3 is 3.00 bits per heavy atom. The van der Waals surface area contributed by atoms with Gasteiger partial charge in [0.1, 0.15) is 5.82 Å². The molecular formula is C11H14Cl2N2S. The minimum absolute atomic E-state index is 0.370. The third kappa shape index (κ3) is 2.96. The molecule has 0 aliphatic carbocycles. The van der Waals surface area contributed by atoms with Gasteiger partial charge < -0.3 is 4.90 Å². The van der Waals surface area contributed by atoms with E-state index in [0.717, 1.165) is 24.6 Å². The molecule has 16 heavy (non-hydrogen) atoms. The highest BCUT2D eigenvalue weighted by molar-refractivity contribution is 7.99. The van der Waals surface area contributed by atoms with Gasteiger partial charge in [-0.2, -0.15) is 11.8 Å². The van der Waals surface area contributed by atoms with Gasteiger partial charge in [-0.15, -0.1) is 11.6 Å². The number of hydrogen-bond donors (Lipinski definition) is 0. The molecular weight excluding hydrogens is 263 g/mol. The van der Waals surface area contributed by atoms with Crippen LogP contribution in [-0.2, 0) is 5.88 Å². The van der Waals surface area contributed by atoms with Crippen molar-refractivity contribution in [1.29, 1.82) is 0 Å². The van der Waals surface area contributed by atoms with E-state index in [1.54, 1.807) is 0 Å². The molecule has 2 rings (SSSR count). The fraction of sp³-hybridized carbons (Fsp3) is 0.545. The number of alkyl halides is 1. The van der Waals surface area contributed by atoms with Gasteiger partial charge in [-0.1, -0.05) is 11.6 Å². The van der Waals surface area contributed by atoms with Gasteiger partial charge in [0.15, 0.2) is 0 Å². The van der Waals surface area contributed by atoms with Crippen molar-refractivity contribution < 1.29 is 0 Å². The summed E-state index contributed by atoms with van der Waals surface area (Å²) in [5, 5.41) is 0.656. The van der Waals surface area contributed by atoms with Gasteiger partial charge >= 0.3 is 0 Å². The number of nitrogens with zero attached hydrogens (tertiary/aromatic N) is 2. The van der Waals surface area contributed by atoms with Crippen LogP contribution in [0, 0.1) is 0 Å². The Bertz CT molecular complexity index is 352. The van der Waals surface area contributed by atoms with E-state index >= 15 is 0 Å². The zero-order chi connectivity index (χ0) is 11.4. The summed E-state index contributed by atoms with van der Waals surface area (Å²) in [5.41, 5.74) is 0.776. The summed E-state index contributed by atoms with van der Waals surface area (Å²) >= 11 is 13.8. The van der Waals surface area contributed by atoms with Crippen LogP contribution in [0.5, 0.6) is 0 Å². The van der Waals surface area contributed by atoms with E-state index in [0.29, 0.717) is 10.9 Å². The molecule has 5 heteroatoms. The van der Waals surface area contributed by atoms with Crippen molar-refractivity contribution in [3.8, 4) is 0 Å². The van der Waals surface area contributed by atoms with E-state index in [1.807, 2.05) is 23.9 Å². The lowest BCUT2D eigenvalue weighted by atomic mass is 10.3. The molecule has 88 valence electrons. The van der Waals surface area contributed by atoms with Crippen LogP contribution in [0.1, 0.15) is 12.1 Å². The Balaban J connectivity index is 2.18. The van der Waals surface area contributed by atoms with Crippen molar-refractivity contribution >= 4 is 40.8 Å². The highest BCUT2D eigenvalue weighted by atomic mass is 35.5. The van der Waals surface area contributed by atoms with Gasteiger partial charge in [0.05, 0.1) is 16.6 Å². The quantitative estimate of drug-likeness (QED) is 0.771. The zero-order valence-electron chi connectivity index (χ0n) is 8.96. The second kappa shape index (κ2) is 5.99. The highest BCUT2D eigenvalue weighted by Crippen LogP contribution is 2.22. The molecule has 1 aromatic heterocycles. The predicted octanol–water partition coefficient (Wildman–Crippen LogP) is 3.42. The van der Waals surface area contributed by atoms with Crippen LogP contribution in [0.3, 0.4) is 0 Å². The number of thioether (sulfide) groups is 1. The topological polar surface area (TPSA) is 16.1 Å². The fourth-order valence-electron chi connectivity index (χ4n) is 1.72. The SMILES string of the molecule is ClCc1nc(N2CCCSCC2)ccc1Cl. The summed E-state index contributed by atoms with van der Waals surface area (Å²) in [7, 11) is 0. The largest absolute Gasteiger partial charge is 0.356 e. The molecule has 2 nitrogen and oxygen atoms in total. The van der Waals surface area contributed by atoms with E-state index < -0.39 is 0 Å². The molecule has 1 aromatic rings. The van der Waals surface area contributed by atoms with Crippen molar-refractivity contribution in [3.63, 3.8) is 0 Å². The van der Waals surface area contributed by atoms with Gasteiger partial charge in [0.25, 0.3) is 0 Å². The van der Waals surface area contributed by atoms with Crippen molar-refractivity contribution in [3.05, 3.63) is 22.8 Å². The molecule has 0 spiro atoms. The van der Waals surface area contributed by atoms with Gasteiger partial charge in [0, 0.05) is 18.8 Å². The number of pyridine rings is 1. The van der Waals surface area contributed by atoms with Gasteiger partial charge in [-0.3, -0.25) is 0 Å². The first-order chi connectivity index (χ1) is 7.81. The van der Waals surface area contributed by atoms with E-state index in [-0.39, 0.29) is 0 Å². The average molecular weight is 277 g/mol. The van der Waals surface area contributed by atoms with E-state index in [9.17, 15) is 0 Å². The second-order valence-electron chi connectivity index (χ2n) is 3.68. The van der Waals surface area contributed by atoms with Crippen LogP contribution < -0.4 is 4.90 Å². The first kappa shape index (κ1) is 12.3. The van der Waals surface area contributed by atoms with Crippen molar-refractivity contribution in [1.82, 2.24) is 4.98 Å². The molecule has 0 unspecified atom stereocenters. The number of anilines is 1. The van der Waals surface area contributed by atoms with Crippen LogP contribution in [0.25, 0.3) is 0 Å². The van der Waals surface area contributed by atoms with Gasteiger partial charge in [-0.05, 0) is 24.3 Å². The van der Waals surface area contributed by atoms with Gasteiger partial charge in [-0.25, -0.2) is 4.98 Å². The molecule has 0 atom stereocenters. The minimum atomic E-state index is 0.370. The molecule has 1 saturated heterocycles. The van der Waals surface area contributed by atoms with Crippen LogP contribution in [0.15, 0.2) is 12.1 Å².